The lowest BCUT2D eigenvalue weighted by molar-refractivity contribution is -0.155. The van der Waals surface area contributed by atoms with Gasteiger partial charge in [0, 0.05) is 32.4 Å². The minimum absolute atomic E-state index is 0.0327. The fraction of sp³-hybridized carbons (Fsp3) is 0.941. The number of hydrogen-bond acceptors (Lipinski definition) is 9. The van der Waals surface area contributed by atoms with E-state index in [4.69, 9.17) is 14.2 Å². The third-order valence-electron chi connectivity index (χ3n) is 11.4. The van der Waals surface area contributed by atoms with Crippen molar-refractivity contribution < 1.29 is 38.8 Å². The van der Waals surface area contributed by atoms with Gasteiger partial charge in [-0.3, -0.25) is 19.3 Å². The molecule has 356 valence electrons. The van der Waals surface area contributed by atoms with Crippen molar-refractivity contribution >= 4 is 17.9 Å². The number of unbranched alkanes of at least 4 members (excludes halogenated alkanes) is 21. The third-order valence-corrected chi connectivity index (χ3v) is 11.4. The van der Waals surface area contributed by atoms with Crippen LogP contribution < -0.4 is 0 Å². The second kappa shape index (κ2) is 41.3. The summed E-state index contributed by atoms with van der Waals surface area (Å²) in [5.41, 5.74) is -0.514. The number of carbonyl (C=O) groups is 3. The fourth-order valence-electron chi connectivity index (χ4n) is 7.82. The van der Waals surface area contributed by atoms with Gasteiger partial charge >= 0.3 is 17.9 Å². The van der Waals surface area contributed by atoms with Gasteiger partial charge in [-0.2, -0.15) is 0 Å². The Bertz CT molecular complexity index is 969. The summed E-state index contributed by atoms with van der Waals surface area (Å²) in [6.45, 7) is 14.2. The van der Waals surface area contributed by atoms with E-state index in [0.29, 0.717) is 71.2 Å². The molecule has 0 spiro atoms. The number of hydrogen-bond donors (Lipinski definition) is 2. The molecule has 2 N–H and O–H groups in total. The molecule has 0 saturated heterocycles. The lowest BCUT2D eigenvalue weighted by Gasteiger charge is -2.27. The number of aliphatic hydroxyl groups excluding tert-OH is 2. The van der Waals surface area contributed by atoms with Crippen LogP contribution in [0.15, 0.2) is 0 Å². The Morgan fingerprint density at radius 2 is 0.867 bits per heavy atom. The van der Waals surface area contributed by atoms with E-state index < -0.39 is 17.8 Å². The Kier molecular flexibility index (Phi) is 40.1. The minimum atomic E-state index is -0.634. The lowest BCUT2D eigenvalue weighted by Crippen LogP contribution is -2.38. The van der Waals surface area contributed by atoms with Crippen LogP contribution in [0.5, 0.6) is 0 Å². The van der Waals surface area contributed by atoms with Crippen LogP contribution >= 0.6 is 0 Å². The van der Waals surface area contributed by atoms with Crippen molar-refractivity contribution in [1.82, 2.24) is 4.90 Å². The molecule has 0 aromatic heterocycles. The molecule has 0 aliphatic carbocycles. The number of aliphatic hydroxyl groups is 2. The van der Waals surface area contributed by atoms with Crippen LogP contribution in [0.25, 0.3) is 0 Å². The first-order valence-electron chi connectivity index (χ1n) is 25.5. The molecule has 9 nitrogen and oxygen atoms in total. The molecule has 0 fully saturated rings. The largest absolute Gasteiger partial charge is 0.466 e. The fourth-order valence-corrected chi connectivity index (χ4v) is 7.82. The summed E-state index contributed by atoms with van der Waals surface area (Å²) in [6.07, 6.45) is 33.1. The number of esters is 3. The number of nitrogens with zero attached hydrogens (tertiary/aromatic N) is 1. The number of ether oxygens (including phenoxy) is 3. The Hall–Kier alpha value is -1.71. The van der Waals surface area contributed by atoms with Crippen LogP contribution in [0.4, 0.5) is 0 Å². The van der Waals surface area contributed by atoms with Gasteiger partial charge in [-0.1, -0.05) is 149 Å². The molecule has 0 bridgehead atoms. The van der Waals surface area contributed by atoms with Gasteiger partial charge in [0.05, 0.1) is 18.8 Å². The molecule has 0 aromatic carbocycles. The molecule has 9 heteroatoms. The van der Waals surface area contributed by atoms with Gasteiger partial charge in [0.2, 0.25) is 0 Å². The zero-order chi connectivity index (χ0) is 44.5. The topological polar surface area (TPSA) is 123 Å². The molecule has 0 heterocycles. The van der Waals surface area contributed by atoms with Crippen molar-refractivity contribution in [2.75, 3.05) is 26.2 Å². The number of carbonyl (C=O) groups excluding carboxylic acids is 3. The predicted octanol–water partition coefficient (Wildman–Crippen LogP) is 13.1. The van der Waals surface area contributed by atoms with Crippen LogP contribution in [0.2, 0.25) is 0 Å². The summed E-state index contributed by atoms with van der Waals surface area (Å²) in [5.74, 6) is -0.504. The Morgan fingerprint density at radius 3 is 1.38 bits per heavy atom. The van der Waals surface area contributed by atoms with Crippen molar-refractivity contribution in [3.63, 3.8) is 0 Å². The first-order valence-corrected chi connectivity index (χ1v) is 25.5. The zero-order valence-electron chi connectivity index (χ0n) is 40.4. The highest BCUT2D eigenvalue weighted by Gasteiger charge is 2.19. The third kappa shape index (κ3) is 41.6. The monoisotopic (exact) mass is 854 g/mol. The summed E-state index contributed by atoms with van der Waals surface area (Å²) < 4.78 is 16.9. The highest BCUT2D eigenvalue weighted by Crippen LogP contribution is 2.19. The maximum absolute atomic E-state index is 12.9. The van der Waals surface area contributed by atoms with Gasteiger partial charge in [-0.25, -0.2) is 0 Å². The van der Waals surface area contributed by atoms with Crippen molar-refractivity contribution in [2.24, 2.45) is 0 Å². The standard InChI is InChI=1S/C51H99NO8/c1-7-10-13-16-19-20-21-24-32-42-58-48(55)40-33-35-46(54)44-52(41-31-30-39-50(57)60-51(4,5)6)43-45(53)34-26-25-29-38-49(56)59-47(36-27-22-17-14-11-8-2)37-28-23-18-15-12-9-3/h45-47,53-54H,7-44H2,1-6H3. The zero-order valence-corrected chi connectivity index (χ0v) is 40.4. The molecule has 2 atom stereocenters. The van der Waals surface area contributed by atoms with Crippen LogP contribution in [0, 0.1) is 0 Å². The molecule has 0 aliphatic rings. The van der Waals surface area contributed by atoms with Crippen LogP contribution in [-0.2, 0) is 28.6 Å². The molecule has 0 saturated carbocycles. The molecule has 0 aromatic rings. The van der Waals surface area contributed by atoms with Gasteiger partial charge in [-0.05, 0) is 97.9 Å². The normalized spacial score (nSPS) is 12.9. The van der Waals surface area contributed by atoms with E-state index in [2.05, 4.69) is 25.7 Å². The smallest absolute Gasteiger partial charge is 0.306 e. The Labute approximate surface area is 370 Å². The van der Waals surface area contributed by atoms with E-state index in [1.54, 1.807) is 0 Å². The molecular formula is C51H99NO8. The molecule has 0 radical (unpaired) electrons. The van der Waals surface area contributed by atoms with E-state index in [1.165, 1.54) is 109 Å². The average Bonchev–Trinajstić information content (AvgIpc) is 3.18. The van der Waals surface area contributed by atoms with Crippen LogP contribution in [0.3, 0.4) is 0 Å². The van der Waals surface area contributed by atoms with E-state index in [0.717, 1.165) is 64.2 Å². The van der Waals surface area contributed by atoms with Crippen molar-refractivity contribution in [2.45, 2.75) is 284 Å². The maximum atomic E-state index is 12.9. The van der Waals surface area contributed by atoms with Crippen LogP contribution in [-0.4, -0.2) is 83.2 Å². The van der Waals surface area contributed by atoms with Crippen LogP contribution in [0.1, 0.15) is 260 Å². The second-order valence-electron chi connectivity index (χ2n) is 18.9. The van der Waals surface area contributed by atoms with Gasteiger partial charge in [0.15, 0.2) is 0 Å². The lowest BCUT2D eigenvalue weighted by atomic mass is 10.0. The first kappa shape index (κ1) is 58.3. The van der Waals surface area contributed by atoms with E-state index in [9.17, 15) is 24.6 Å². The van der Waals surface area contributed by atoms with E-state index in [1.807, 2.05) is 20.8 Å². The maximum Gasteiger partial charge on any atom is 0.306 e. The Balaban J connectivity index is 4.71. The van der Waals surface area contributed by atoms with Gasteiger partial charge in [-0.15, -0.1) is 0 Å². The summed E-state index contributed by atoms with van der Waals surface area (Å²) in [4.78, 5) is 39.5. The Morgan fingerprint density at radius 1 is 0.467 bits per heavy atom. The van der Waals surface area contributed by atoms with Crippen molar-refractivity contribution in [3.05, 3.63) is 0 Å². The summed E-state index contributed by atoms with van der Waals surface area (Å²) in [7, 11) is 0. The summed E-state index contributed by atoms with van der Waals surface area (Å²) >= 11 is 0. The highest BCUT2D eigenvalue weighted by molar-refractivity contribution is 5.70. The average molecular weight is 854 g/mol. The summed E-state index contributed by atoms with van der Waals surface area (Å²) in [6, 6.07) is 0. The van der Waals surface area contributed by atoms with Crippen molar-refractivity contribution in [3.8, 4) is 0 Å². The second-order valence-corrected chi connectivity index (χ2v) is 18.9. The molecule has 0 amide bonds. The molecule has 0 aliphatic heterocycles. The van der Waals surface area contributed by atoms with Gasteiger partial charge < -0.3 is 24.4 Å². The number of rotatable bonds is 44. The van der Waals surface area contributed by atoms with E-state index in [-0.39, 0.29) is 24.0 Å². The molecule has 2 unspecified atom stereocenters. The molecular weight excluding hydrogens is 755 g/mol. The SMILES string of the molecule is CCCCCCCCCCCOC(=O)CCCC(O)CN(CCCCC(=O)OC(C)(C)C)CC(O)CCCCCC(=O)OC(CCCCCCCC)CCCCCCCC. The predicted molar refractivity (Wildman–Crippen MR) is 249 cm³/mol. The summed E-state index contributed by atoms with van der Waals surface area (Å²) in [5, 5.41) is 22.0. The van der Waals surface area contributed by atoms with E-state index >= 15 is 0 Å². The minimum Gasteiger partial charge on any atom is -0.466 e. The van der Waals surface area contributed by atoms with Gasteiger partial charge in [0.1, 0.15) is 11.7 Å². The first-order chi connectivity index (χ1) is 28.9. The van der Waals surface area contributed by atoms with Crippen molar-refractivity contribution in [1.29, 1.82) is 0 Å². The molecule has 0 rings (SSSR count). The quantitative estimate of drug-likeness (QED) is 0.0350. The molecule has 60 heavy (non-hydrogen) atoms. The van der Waals surface area contributed by atoms with Gasteiger partial charge in [0.25, 0.3) is 0 Å². The highest BCUT2D eigenvalue weighted by atomic mass is 16.6.